The molecule has 5 atom stereocenters. The first-order chi connectivity index (χ1) is 15.0. The Bertz CT molecular complexity index is 728. The minimum Gasteiger partial charge on any atom is -0.393 e. The molecule has 0 radical (unpaired) electrons. The monoisotopic (exact) mass is 427 g/mol. The first-order valence-electron chi connectivity index (χ1n) is 11.7. The molecule has 0 heterocycles. The van der Waals surface area contributed by atoms with Crippen molar-refractivity contribution in [3.63, 3.8) is 0 Å². The molecule has 31 heavy (non-hydrogen) atoms. The van der Waals surface area contributed by atoms with Gasteiger partial charge in [-0.25, -0.2) is 0 Å². The molecule has 170 valence electrons. The number of benzene rings is 1. The fourth-order valence-electron chi connectivity index (χ4n) is 4.30. The number of nitrogens with one attached hydrogen (secondary N) is 1. The molecule has 2 fully saturated rings. The molecule has 0 bridgehead atoms. The van der Waals surface area contributed by atoms with E-state index in [1.165, 1.54) is 5.56 Å². The normalized spacial score (nSPS) is 27.2. The largest absolute Gasteiger partial charge is 0.393 e. The van der Waals surface area contributed by atoms with Gasteiger partial charge in [-0.05, 0) is 56.4 Å². The molecule has 0 spiro atoms. The zero-order chi connectivity index (χ0) is 22.1. The highest BCUT2D eigenvalue weighted by atomic mass is 16.3. The van der Waals surface area contributed by atoms with Gasteiger partial charge in [-0.3, -0.25) is 4.79 Å². The number of hydrogen-bond acceptors (Lipinski definition) is 4. The molecule has 1 amide bonds. The van der Waals surface area contributed by atoms with Crippen molar-refractivity contribution in [3.8, 4) is 0 Å². The molecular formula is C26H37NO4. The fraction of sp³-hybridized carbons (Fsp3) is 0.577. The number of rotatable bonds is 12. The van der Waals surface area contributed by atoms with Crippen molar-refractivity contribution in [1.29, 1.82) is 0 Å². The van der Waals surface area contributed by atoms with E-state index in [1.807, 2.05) is 24.3 Å². The summed E-state index contributed by atoms with van der Waals surface area (Å²) in [5.41, 5.74) is 1.19. The van der Waals surface area contributed by atoms with Gasteiger partial charge in [0.1, 0.15) is 0 Å². The first-order valence-corrected chi connectivity index (χ1v) is 11.7. The van der Waals surface area contributed by atoms with Crippen LogP contribution in [0.5, 0.6) is 0 Å². The van der Waals surface area contributed by atoms with Crippen LogP contribution in [0, 0.1) is 11.8 Å². The summed E-state index contributed by atoms with van der Waals surface area (Å²) in [6.07, 6.45) is 13.0. The Hall–Kier alpha value is -1.95. The van der Waals surface area contributed by atoms with Gasteiger partial charge >= 0.3 is 0 Å². The van der Waals surface area contributed by atoms with Gasteiger partial charge in [-0.2, -0.15) is 0 Å². The van der Waals surface area contributed by atoms with E-state index in [1.54, 1.807) is 6.08 Å². The molecular weight excluding hydrogens is 390 g/mol. The third kappa shape index (κ3) is 8.24. The third-order valence-corrected chi connectivity index (χ3v) is 6.33. The smallest absolute Gasteiger partial charge is 0.220 e. The Kier molecular flexibility index (Phi) is 9.31. The van der Waals surface area contributed by atoms with E-state index in [-0.39, 0.29) is 17.7 Å². The number of hydrogen-bond donors (Lipinski definition) is 4. The predicted octanol–water partition coefficient (Wildman–Crippen LogP) is 3.29. The average molecular weight is 428 g/mol. The molecule has 0 unspecified atom stereocenters. The van der Waals surface area contributed by atoms with Crippen LogP contribution in [0.4, 0.5) is 0 Å². The molecule has 3 rings (SSSR count). The standard InChI is InChI=1S/C26H37NO4/c28-21(15-12-19-8-4-3-5-9-19)16-17-23-22(24(29)18-25(23)30)10-6-1-2-7-11-26(31)27-20-13-14-20/h1,3-6,8-9,16-17,20-25,28-30H,2,7,10-15,18H2,(H,27,31)/b6-1-,17-16+/t21-,22+,23-,24-,25-/m1/s1. The molecule has 5 nitrogen and oxygen atoms in total. The summed E-state index contributed by atoms with van der Waals surface area (Å²) >= 11 is 0. The summed E-state index contributed by atoms with van der Waals surface area (Å²) in [6, 6.07) is 10.5. The summed E-state index contributed by atoms with van der Waals surface area (Å²) in [6.45, 7) is 0. The number of carbonyl (C=O) groups is 1. The highest BCUT2D eigenvalue weighted by molar-refractivity contribution is 5.76. The van der Waals surface area contributed by atoms with Crippen molar-refractivity contribution >= 4 is 5.91 Å². The van der Waals surface area contributed by atoms with Crippen LogP contribution in [0.2, 0.25) is 0 Å². The lowest BCUT2D eigenvalue weighted by molar-refractivity contribution is -0.121. The molecule has 0 aliphatic heterocycles. The molecule has 0 saturated heterocycles. The van der Waals surface area contributed by atoms with E-state index in [2.05, 4.69) is 29.6 Å². The third-order valence-electron chi connectivity index (χ3n) is 6.33. The zero-order valence-corrected chi connectivity index (χ0v) is 18.3. The average Bonchev–Trinajstić information content (AvgIpc) is 3.52. The predicted molar refractivity (Wildman–Crippen MR) is 122 cm³/mol. The zero-order valence-electron chi connectivity index (χ0n) is 18.3. The number of aliphatic hydroxyl groups excluding tert-OH is 3. The summed E-state index contributed by atoms with van der Waals surface area (Å²) in [4.78, 5) is 11.7. The molecule has 1 aromatic carbocycles. The maximum Gasteiger partial charge on any atom is 0.220 e. The van der Waals surface area contributed by atoms with Crippen LogP contribution in [0.15, 0.2) is 54.6 Å². The van der Waals surface area contributed by atoms with Gasteiger partial charge in [0, 0.05) is 24.8 Å². The summed E-state index contributed by atoms with van der Waals surface area (Å²) in [5, 5.41) is 34.0. The van der Waals surface area contributed by atoms with Crippen LogP contribution < -0.4 is 5.32 Å². The topological polar surface area (TPSA) is 89.8 Å². The van der Waals surface area contributed by atoms with E-state index in [9.17, 15) is 20.1 Å². The van der Waals surface area contributed by atoms with Crippen LogP contribution in [0.25, 0.3) is 0 Å². The number of aliphatic hydroxyl groups is 3. The van der Waals surface area contributed by atoms with Crippen LogP contribution in [0.1, 0.15) is 56.9 Å². The quantitative estimate of drug-likeness (QED) is 0.304. The summed E-state index contributed by atoms with van der Waals surface area (Å²) < 4.78 is 0. The van der Waals surface area contributed by atoms with Gasteiger partial charge in [-0.15, -0.1) is 0 Å². The molecule has 1 aromatic rings. The van der Waals surface area contributed by atoms with Crippen LogP contribution in [0.3, 0.4) is 0 Å². The van der Waals surface area contributed by atoms with Crippen molar-refractivity contribution < 1.29 is 20.1 Å². The molecule has 5 heteroatoms. The number of aryl methyl sites for hydroxylation is 1. The van der Waals surface area contributed by atoms with Gasteiger partial charge in [-0.1, -0.05) is 54.6 Å². The molecule has 0 aromatic heterocycles. The number of carbonyl (C=O) groups excluding carboxylic acids is 1. The van der Waals surface area contributed by atoms with Gasteiger partial charge in [0.15, 0.2) is 0 Å². The van der Waals surface area contributed by atoms with E-state index in [0.717, 1.165) is 32.1 Å². The Balaban J connectivity index is 1.39. The summed E-state index contributed by atoms with van der Waals surface area (Å²) in [5.74, 6) is -0.0707. The van der Waals surface area contributed by atoms with Crippen molar-refractivity contribution in [1.82, 2.24) is 5.32 Å². The second-order valence-electron chi connectivity index (χ2n) is 9.03. The van der Waals surface area contributed by atoms with E-state index in [0.29, 0.717) is 31.7 Å². The number of unbranched alkanes of at least 4 members (excludes halogenated alkanes) is 1. The van der Waals surface area contributed by atoms with Gasteiger partial charge in [0.2, 0.25) is 5.91 Å². The lowest BCUT2D eigenvalue weighted by Crippen LogP contribution is -2.24. The Morgan fingerprint density at radius 2 is 1.90 bits per heavy atom. The highest BCUT2D eigenvalue weighted by Crippen LogP contribution is 2.36. The SMILES string of the molecule is O=C(CCC/C=C\C[C@H]1[C@@H](/C=C/[C@H](O)CCc2ccccc2)[C@H](O)C[C@H]1O)NC1CC1. The van der Waals surface area contributed by atoms with Crippen molar-refractivity contribution in [2.24, 2.45) is 11.8 Å². The van der Waals surface area contributed by atoms with Gasteiger partial charge < -0.3 is 20.6 Å². The van der Waals surface area contributed by atoms with Crippen LogP contribution in [-0.2, 0) is 11.2 Å². The van der Waals surface area contributed by atoms with Crippen molar-refractivity contribution in [2.45, 2.75) is 82.1 Å². The molecule has 2 saturated carbocycles. The van der Waals surface area contributed by atoms with E-state index >= 15 is 0 Å². The Morgan fingerprint density at radius 3 is 2.65 bits per heavy atom. The molecule has 2 aliphatic rings. The van der Waals surface area contributed by atoms with E-state index in [4.69, 9.17) is 0 Å². The van der Waals surface area contributed by atoms with Crippen molar-refractivity contribution in [3.05, 3.63) is 60.2 Å². The maximum atomic E-state index is 11.7. The number of allylic oxidation sites excluding steroid dienone is 2. The lowest BCUT2D eigenvalue weighted by Gasteiger charge is -2.19. The van der Waals surface area contributed by atoms with Crippen molar-refractivity contribution in [2.75, 3.05) is 0 Å². The molecule has 2 aliphatic carbocycles. The fourth-order valence-corrected chi connectivity index (χ4v) is 4.30. The second-order valence-corrected chi connectivity index (χ2v) is 9.03. The minimum atomic E-state index is -0.586. The Morgan fingerprint density at radius 1 is 1.13 bits per heavy atom. The van der Waals surface area contributed by atoms with Gasteiger partial charge in [0.05, 0.1) is 18.3 Å². The minimum absolute atomic E-state index is 0.0537. The highest BCUT2D eigenvalue weighted by Gasteiger charge is 2.39. The second kappa shape index (κ2) is 12.2. The summed E-state index contributed by atoms with van der Waals surface area (Å²) in [7, 11) is 0. The lowest BCUT2D eigenvalue weighted by atomic mass is 9.89. The van der Waals surface area contributed by atoms with Gasteiger partial charge in [0.25, 0.3) is 0 Å². The first kappa shape index (κ1) is 23.7. The van der Waals surface area contributed by atoms with Crippen LogP contribution >= 0.6 is 0 Å². The Labute approximate surface area is 185 Å². The number of amides is 1. The maximum absolute atomic E-state index is 11.7. The molecule has 4 N–H and O–H groups in total. The van der Waals surface area contributed by atoms with E-state index < -0.39 is 18.3 Å². The van der Waals surface area contributed by atoms with Crippen LogP contribution in [-0.4, -0.2) is 45.6 Å².